The van der Waals surface area contributed by atoms with Crippen molar-refractivity contribution in [3.8, 4) is 0 Å². The summed E-state index contributed by atoms with van der Waals surface area (Å²) < 4.78 is 52.1. The molecule has 10 heteroatoms. The third-order valence-electron chi connectivity index (χ3n) is 3.69. The van der Waals surface area contributed by atoms with Crippen LogP contribution in [0.2, 0.25) is 0 Å². The van der Waals surface area contributed by atoms with E-state index in [1.807, 2.05) is 13.8 Å². The van der Waals surface area contributed by atoms with Gasteiger partial charge in [0.15, 0.2) is 10.2 Å². The monoisotopic (exact) mass is 448 g/mol. The summed E-state index contributed by atoms with van der Waals surface area (Å²) in [6.07, 6.45) is 2.30. The van der Waals surface area contributed by atoms with E-state index in [0.717, 1.165) is 23.5 Å². The molecular weight excluding hydrogens is 417 g/mol. The van der Waals surface area contributed by atoms with Crippen LogP contribution >= 0.6 is 31.1 Å². The Morgan fingerprint density at radius 1 is 0.963 bits per heavy atom. The highest BCUT2D eigenvalue weighted by atomic mass is 32.2. The molecule has 0 spiro atoms. The van der Waals surface area contributed by atoms with Crippen molar-refractivity contribution >= 4 is 41.4 Å². The van der Waals surface area contributed by atoms with Crippen molar-refractivity contribution < 1.29 is 32.0 Å². The van der Waals surface area contributed by atoms with Crippen LogP contribution < -0.4 is 0 Å². The van der Waals surface area contributed by atoms with Gasteiger partial charge in [-0.15, -0.1) is 0 Å². The smallest absolute Gasteiger partial charge is 0.304 e. The molecule has 0 aliphatic carbocycles. The maximum Gasteiger partial charge on any atom is 0.399 e. The van der Waals surface area contributed by atoms with Crippen molar-refractivity contribution in [1.29, 1.82) is 0 Å². The molecule has 0 aromatic heterocycles. The van der Waals surface area contributed by atoms with Gasteiger partial charge in [0.2, 0.25) is 0 Å². The van der Waals surface area contributed by atoms with Crippen LogP contribution in [0.5, 0.6) is 0 Å². The van der Waals surface area contributed by atoms with Crippen LogP contribution in [0.3, 0.4) is 0 Å². The van der Waals surface area contributed by atoms with Gasteiger partial charge in [-0.2, -0.15) is 8.78 Å². The van der Waals surface area contributed by atoms with Crippen molar-refractivity contribution in [2.24, 2.45) is 5.92 Å². The second kappa shape index (κ2) is 14.1. The summed E-state index contributed by atoms with van der Waals surface area (Å²) >= 11 is 1.94. The standard InChI is InChI=1S/C17H31F2O5PS2/c1-5-8-15(20)26-12-10-23-25(22,17(18,19)14(4)7-3)24-11-13-27-16(21)9-6-2/h14H,5-13H2,1-4H3. The van der Waals surface area contributed by atoms with E-state index in [2.05, 4.69) is 0 Å². The Hall–Kier alpha value is 0.0500. The predicted molar refractivity (Wildman–Crippen MR) is 109 cm³/mol. The van der Waals surface area contributed by atoms with Crippen molar-refractivity contribution in [1.82, 2.24) is 0 Å². The lowest BCUT2D eigenvalue weighted by Crippen LogP contribution is -2.29. The van der Waals surface area contributed by atoms with Gasteiger partial charge in [0.25, 0.3) is 0 Å². The number of halogens is 2. The minimum absolute atomic E-state index is 0.0589. The average molecular weight is 449 g/mol. The van der Waals surface area contributed by atoms with Gasteiger partial charge in [-0.3, -0.25) is 14.2 Å². The lowest BCUT2D eigenvalue weighted by Gasteiger charge is -2.30. The van der Waals surface area contributed by atoms with Crippen LogP contribution in [0.15, 0.2) is 0 Å². The van der Waals surface area contributed by atoms with Gasteiger partial charge in [-0.05, 0) is 19.3 Å². The maximum atomic E-state index is 14.6. The molecule has 1 unspecified atom stereocenters. The topological polar surface area (TPSA) is 69.7 Å². The maximum absolute atomic E-state index is 14.6. The zero-order valence-corrected chi connectivity index (χ0v) is 19.0. The van der Waals surface area contributed by atoms with E-state index in [9.17, 15) is 22.9 Å². The quantitative estimate of drug-likeness (QED) is 0.226. The molecule has 160 valence electrons. The fourth-order valence-corrected chi connectivity index (χ4v) is 5.44. The van der Waals surface area contributed by atoms with Crippen molar-refractivity contribution in [3.05, 3.63) is 0 Å². The molecule has 1 atom stereocenters. The highest BCUT2D eigenvalue weighted by molar-refractivity contribution is 8.13. The minimum Gasteiger partial charge on any atom is -0.304 e. The fraction of sp³-hybridized carbons (Fsp3) is 0.882. The molecule has 0 aliphatic heterocycles. The summed E-state index contributed by atoms with van der Waals surface area (Å²) in [5.41, 5.74) is -3.64. The SMILES string of the molecule is CCCC(=O)SCCOP(=O)(OCCSC(=O)CCC)C(F)(F)C(C)CC. The Bertz CT molecular complexity index is 476. The predicted octanol–water partition coefficient (Wildman–Crippen LogP) is 5.97. The van der Waals surface area contributed by atoms with Gasteiger partial charge >= 0.3 is 13.3 Å². The van der Waals surface area contributed by atoms with E-state index in [1.54, 1.807) is 6.92 Å². The molecule has 5 nitrogen and oxygen atoms in total. The molecule has 0 fully saturated rings. The zero-order chi connectivity index (χ0) is 20.9. The third kappa shape index (κ3) is 9.88. The first kappa shape index (κ1) is 27.0. The van der Waals surface area contributed by atoms with Gasteiger partial charge in [0.05, 0.1) is 13.2 Å². The van der Waals surface area contributed by atoms with E-state index >= 15 is 0 Å². The van der Waals surface area contributed by atoms with Crippen molar-refractivity contribution in [2.75, 3.05) is 24.7 Å². The fourth-order valence-electron chi connectivity index (χ4n) is 1.90. The van der Waals surface area contributed by atoms with Crippen LogP contribution in [-0.2, 0) is 23.2 Å². The van der Waals surface area contributed by atoms with Crippen LogP contribution in [-0.4, -0.2) is 40.6 Å². The van der Waals surface area contributed by atoms with E-state index in [-0.39, 0.29) is 41.4 Å². The minimum atomic E-state index is -4.73. The Balaban J connectivity index is 4.79. The Kier molecular flexibility index (Phi) is 14.1. The van der Waals surface area contributed by atoms with Crippen molar-refractivity contribution in [3.63, 3.8) is 0 Å². The molecule has 0 saturated carbocycles. The first-order chi connectivity index (χ1) is 12.6. The molecule has 0 saturated heterocycles. The molecule has 0 N–H and O–H groups in total. The molecule has 0 radical (unpaired) electrons. The van der Waals surface area contributed by atoms with Gasteiger partial charge in [-0.25, -0.2) is 0 Å². The molecule has 0 heterocycles. The van der Waals surface area contributed by atoms with E-state index < -0.39 is 19.2 Å². The number of hydrogen-bond acceptors (Lipinski definition) is 7. The van der Waals surface area contributed by atoms with Gasteiger partial charge in [0.1, 0.15) is 0 Å². The summed E-state index contributed by atoms with van der Waals surface area (Å²) in [5.74, 6) is -0.925. The molecule has 0 amide bonds. The number of alkyl halides is 2. The summed E-state index contributed by atoms with van der Waals surface area (Å²) in [4.78, 5) is 22.9. The summed E-state index contributed by atoms with van der Waals surface area (Å²) in [7, 11) is -4.73. The number of carbonyl (C=O) groups excluding carboxylic acids is 2. The zero-order valence-electron chi connectivity index (χ0n) is 16.5. The molecule has 0 aliphatic rings. The second-order valence-corrected chi connectivity index (χ2v) is 10.4. The highest BCUT2D eigenvalue weighted by Crippen LogP contribution is 2.65. The normalized spacial score (nSPS) is 13.6. The van der Waals surface area contributed by atoms with Gasteiger partial charge in [-0.1, -0.05) is 51.2 Å². The Morgan fingerprint density at radius 2 is 1.37 bits per heavy atom. The van der Waals surface area contributed by atoms with E-state index in [4.69, 9.17) is 9.05 Å². The van der Waals surface area contributed by atoms with Gasteiger partial charge < -0.3 is 9.05 Å². The lowest BCUT2D eigenvalue weighted by molar-refractivity contribution is -0.111. The second-order valence-electron chi connectivity index (χ2n) is 6.00. The van der Waals surface area contributed by atoms with Crippen LogP contribution in [0.4, 0.5) is 8.78 Å². The Morgan fingerprint density at radius 3 is 1.70 bits per heavy atom. The largest absolute Gasteiger partial charge is 0.399 e. The first-order valence-corrected chi connectivity index (χ1v) is 12.7. The summed E-state index contributed by atoms with van der Waals surface area (Å²) in [6, 6.07) is 0. The molecule has 0 rings (SSSR count). The van der Waals surface area contributed by atoms with Gasteiger partial charge in [0, 0.05) is 30.3 Å². The van der Waals surface area contributed by atoms with E-state index in [0.29, 0.717) is 25.7 Å². The molecular formula is C17H31F2O5PS2. The number of thioether (sulfide) groups is 2. The van der Waals surface area contributed by atoms with Crippen LogP contribution in [0.25, 0.3) is 0 Å². The third-order valence-corrected chi connectivity index (χ3v) is 7.70. The Labute approximate surface area is 169 Å². The van der Waals surface area contributed by atoms with E-state index in [1.165, 1.54) is 6.92 Å². The summed E-state index contributed by atoms with van der Waals surface area (Å²) in [6.45, 7) is 6.05. The first-order valence-electron chi connectivity index (χ1n) is 9.22. The molecule has 0 aromatic rings. The summed E-state index contributed by atoms with van der Waals surface area (Å²) in [5, 5.41) is -0.118. The lowest BCUT2D eigenvalue weighted by atomic mass is 10.1. The molecule has 0 bridgehead atoms. The number of rotatable bonds is 15. The van der Waals surface area contributed by atoms with Crippen molar-refractivity contribution in [2.45, 2.75) is 65.5 Å². The molecule has 27 heavy (non-hydrogen) atoms. The highest BCUT2D eigenvalue weighted by Gasteiger charge is 2.56. The van der Waals surface area contributed by atoms with Crippen LogP contribution in [0, 0.1) is 5.92 Å². The van der Waals surface area contributed by atoms with Crippen LogP contribution in [0.1, 0.15) is 59.8 Å². The number of carbonyl (C=O) groups is 2. The average Bonchev–Trinajstić information content (AvgIpc) is 2.62. The molecule has 0 aromatic carbocycles. The number of hydrogen-bond donors (Lipinski definition) is 0.